The molecular weight excluding hydrogens is 227 g/mol. The van der Waals surface area contributed by atoms with Crippen LogP contribution in [0.4, 0.5) is 4.39 Å². The third kappa shape index (κ3) is 1.68. The highest BCUT2D eigenvalue weighted by Crippen LogP contribution is 2.25. The summed E-state index contributed by atoms with van der Waals surface area (Å²) in [6.45, 7) is 4.07. The molecule has 90 valence electrons. The van der Waals surface area contributed by atoms with Gasteiger partial charge in [0.2, 0.25) is 0 Å². The molecule has 2 heterocycles. The summed E-state index contributed by atoms with van der Waals surface area (Å²) in [5.74, 6) is -0.209. The molecule has 1 aromatic carbocycles. The Hall–Kier alpha value is -2.16. The van der Waals surface area contributed by atoms with Crippen LogP contribution in [0.5, 0.6) is 0 Å². The maximum atomic E-state index is 13.6. The Balaban J connectivity index is 2.19. The number of pyridine rings is 1. The van der Waals surface area contributed by atoms with Crippen molar-refractivity contribution >= 4 is 10.9 Å². The van der Waals surface area contributed by atoms with E-state index >= 15 is 0 Å². The molecule has 0 saturated carbocycles. The first kappa shape index (κ1) is 11.0. The average Bonchev–Trinajstić information content (AvgIpc) is 2.78. The zero-order chi connectivity index (χ0) is 12.7. The highest BCUT2D eigenvalue weighted by Gasteiger charge is 2.08. The lowest BCUT2D eigenvalue weighted by molar-refractivity contribution is 0.640. The lowest BCUT2D eigenvalue weighted by Crippen LogP contribution is -1.88. The molecule has 3 rings (SSSR count). The third-order valence-corrected chi connectivity index (χ3v) is 3.26. The van der Waals surface area contributed by atoms with Crippen LogP contribution in [0, 0.1) is 19.7 Å². The number of aryl methyl sites for hydroxylation is 2. The number of nitrogens with zero attached hydrogens (tertiary/aromatic N) is 1. The van der Waals surface area contributed by atoms with Crippen molar-refractivity contribution in [3.8, 4) is 11.4 Å². The van der Waals surface area contributed by atoms with Gasteiger partial charge in [-0.1, -0.05) is 6.07 Å². The number of rotatable bonds is 1. The second kappa shape index (κ2) is 3.95. The van der Waals surface area contributed by atoms with Gasteiger partial charge in [-0.2, -0.15) is 0 Å². The van der Waals surface area contributed by atoms with E-state index < -0.39 is 0 Å². The zero-order valence-corrected chi connectivity index (χ0v) is 10.3. The number of aromatic nitrogens is 2. The highest BCUT2D eigenvalue weighted by atomic mass is 19.1. The Morgan fingerprint density at radius 2 is 1.94 bits per heavy atom. The Labute approximate surface area is 104 Å². The van der Waals surface area contributed by atoms with Crippen molar-refractivity contribution in [2.75, 3.05) is 0 Å². The number of halogens is 1. The first-order valence-electron chi connectivity index (χ1n) is 5.86. The van der Waals surface area contributed by atoms with Gasteiger partial charge in [-0.3, -0.25) is 4.98 Å². The molecule has 0 aliphatic rings. The Morgan fingerprint density at radius 1 is 1.11 bits per heavy atom. The predicted octanol–water partition coefficient (Wildman–Crippen LogP) is 3.99. The van der Waals surface area contributed by atoms with Crippen LogP contribution in [0.15, 0.2) is 36.5 Å². The van der Waals surface area contributed by atoms with Crippen LogP contribution in [-0.4, -0.2) is 9.97 Å². The number of hydrogen-bond donors (Lipinski definition) is 1. The molecule has 0 atom stereocenters. The van der Waals surface area contributed by atoms with Crippen molar-refractivity contribution in [1.82, 2.24) is 9.97 Å². The fourth-order valence-electron chi connectivity index (χ4n) is 2.03. The van der Waals surface area contributed by atoms with E-state index in [9.17, 15) is 4.39 Å². The number of H-pyrrole nitrogens is 1. The fraction of sp³-hybridized carbons (Fsp3) is 0.133. The highest BCUT2D eigenvalue weighted by molar-refractivity contribution is 5.85. The van der Waals surface area contributed by atoms with Gasteiger partial charge in [-0.25, -0.2) is 4.39 Å². The van der Waals surface area contributed by atoms with Crippen molar-refractivity contribution < 1.29 is 4.39 Å². The second-order valence-electron chi connectivity index (χ2n) is 4.54. The van der Waals surface area contributed by atoms with Gasteiger partial charge >= 0.3 is 0 Å². The van der Waals surface area contributed by atoms with Crippen LogP contribution >= 0.6 is 0 Å². The van der Waals surface area contributed by atoms with Gasteiger partial charge in [0.25, 0.3) is 0 Å². The zero-order valence-electron chi connectivity index (χ0n) is 10.3. The molecule has 0 fully saturated rings. The summed E-state index contributed by atoms with van der Waals surface area (Å²) in [5, 5.41) is 0.604. The Morgan fingerprint density at radius 3 is 2.67 bits per heavy atom. The van der Waals surface area contributed by atoms with Crippen LogP contribution in [0.1, 0.15) is 11.1 Å². The Kier molecular flexibility index (Phi) is 2.40. The second-order valence-corrected chi connectivity index (χ2v) is 4.54. The predicted molar refractivity (Wildman–Crippen MR) is 71.0 cm³/mol. The number of hydrogen-bond acceptors (Lipinski definition) is 1. The summed E-state index contributed by atoms with van der Waals surface area (Å²) in [4.78, 5) is 7.58. The number of fused-ring (bicyclic) bond motifs is 1. The maximum Gasteiger partial charge on any atom is 0.132 e. The third-order valence-electron chi connectivity index (χ3n) is 3.26. The lowest BCUT2D eigenvalue weighted by atomic mass is 10.1. The van der Waals surface area contributed by atoms with E-state index in [2.05, 4.69) is 9.97 Å². The van der Waals surface area contributed by atoms with E-state index in [0.717, 1.165) is 22.5 Å². The molecule has 2 aromatic heterocycles. The van der Waals surface area contributed by atoms with Crippen LogP contribution in [0.2, 0.25) is 0 Å². The molecule has 3 aromatic rings. The van der Waals surface area contributed by atoms with E-state index in [0.29, 0.717) is 5.39 Å². The van der Waals surface area contributed by atoms with Gasteiger partial charge in [0.05, 0.1) is 11.4 Å². The van der Waals surface area contributed by atoms with Crippen molar-refractivity contribution in [2.24, 2.45) is 0 Å². The molecule has 0 aliphatic carbocycles. The van der Waals surface area contributed by atoms with Crippen molar-refractivity contribution in [1.29, 1.82) is 0 Å². The SMILES string of the molecule is Cc1cnc(-c2cc3c(F)cccc3[nH]2)cc1C. The molecule has 2 nitrogen and oxygen atoms in total. The minimum Gasteiger partial charge on any atom is -0.353 e. The topological polar surface area (TPSA) is 28.7 Å². The fourth-order valence-corrected chi connectivity index (χ4v) is 2.03. The smallest absolute Gasteiger partial charge is 0.132 e. The summed E-state index contributed by atoms with van der Waals surface area (Å²) in [6, 6.07) is 8.85. The molecule has 0 unspecified atom stereocenters. The van der Waals surface area contributed by atoms with E-state index in [1.807, 2.05) is 38.2 Å². The van der Waals surface area contributed by atoms with Crippen molar-refractivity contribution in [3.63, 3.8) is 0 Å². The summed E-state index contributed by atoms with van der Waals surface area (Å²) >= 11 is 0. The van der Waals surface area contributed by atoms with Crippen molar-refractivity contribution in [2.45, 2.75) is 13.8 Å². The van der Waals surface area contributed by atoms with E-state index in [-0.39, 0.29) is 5.82 Å². The molecule has 0 radical (unpaired) electrons. The van der Waals surface area contributed by atoms with Gasteiger partial charge in [0, 0.05) is 17.1 Å². The van der Waals surface area contributed by atoms with Crippen LogP contribution in [0.25, 0.3) is 22.3 Å². The van der Waals surface area contributed by atoms with E-state index in [1.54, 1.807) is 6.07 Å². The monoisotopic (exact) mass is 240 g/mol. The average molecular weight is 240 g/mol. The first-order chi connectivity index (χ1) is 8.65. The molecule has 0 amide bonds. The molecule has 3 heteroatoms. The van der Waals surface area contributed by atoms with Crippen molar-refractivity contribution in [3.05, 3.63) is 53.5 Å². The van der Waals surface area contributed by atoms with Crippen LogP contribution < -0.4 is 0 Å². The Bertz CT molecular complexity index is 728. The van der Waals surface area contributed by atoms with Gasteiger partial charge < -0.3 is 4.98 Å². The van der Waals surface area contributed by atoms with E-state index in [4.69, 9.17) is 0 Å². The summed E-state index contributed by atoms with van der Waals surface area (Å²) < 4.78 is 13.6. The normalized spacial score (nSPS) is 11.1. The number of benzene rings is 1. The van der Waals surface area contributed by atoms with Crippen LogP contribution in [-0.2, 0) is 0 Å². The molecule has 1 N–H and O–H groups in total. The molecule has 0 saturated heterocycles. The van der Waals surface area contributed by atoms with Gasteiger partial charge in [-0.15, -0.1) is 0 Å². The molecule has 18 heavy (non-hydrogen) atoms. The quantitative estimate of drug-likeness (QED) is 0.684. The number of nitrogens with one attached hydrogen (secondary N) is 1. The minimum atomic E-state index is -0.209. The molecular formula is C15H13FN2. The van der Waals surface area contributed by atoms with Gasteiger partial charge in [0.15, 0.2) is 0 Å². The maximum absolute atomic E-state index is 13.6. The largest absolute Gasteiger partial charge is 0.353 e. The van der Waals surface area contributed by atoms with Gasteiger partial charge in [-0.05, 0) is 49.2 Å². The first-order valence-corrected chi connectivity index (χ1v) is 5.86. The summed E-state index contributed by atoms with van der Waals surface area (Å²) in [7, 11) is 0. The lowest BCUT2D eigenvalue weighted by Gasteiger charge is -2.01. The standard InChI is InChI=1S/C15H13FN2/c1-9-6-14(17-8-10(9)2)15-7-11-12(16)4-3-5-13(11)18-15/h3-8,18H,1-2H3. The van der Waals surface area contributed by atoms with Crippen LogP contribution in [0.3, 0.4) is 0 Å². The number of aromatic amines is 1. The minimum absolute atomic E-state index is 0.209. The summed E-state index contributed by atoms with van der Waals surface area (Å²) in [6.07, 6.45) is 1.84. The molecule has 0 aliphatic heterocycles. The molecule has 0 spiro atoms. The van der Waals surface area contributed by atoms with E-state index in [1.165, 1.54) is 11.6 Å². The molecule has 0 bridgehead atoms. The van der Waals surface area contributed by atoms with Gasteiger partial charge in [0.1, 0.15) is 5.82 Å². The summed E-state index contributed by atoms with van der Waals surface area (Å²) in [5.41, 5.74) is 4.82.